The lowest BCUT2D eigenvalue weighted by molar-refractivity contribution is 0.102. The van der Waals surface area contributed by atoms with Gasteiger partial charge in [-0.3, -0.25) is 4.79 Å². The number of hydrogen-bond donors (Lipinski definition) is 2. The van der Waals surface area contributed by atoms with Crippen LogP contribution in [-0.4, -0.2) is 15.9 Å². The van der Waals surface area contributed by atoms with E-state index < -0.39 is 5.82 Å². The van der Waals surface area contributed by atoms with Crippen LogP contribution in [-0.2, 0) is 6.42 Å². The molecule has 6 heteroatoms. The summed E-state index contributed by atoms with van der Waals surface area (Å²) in [7, 11) is 0. The second-order valence-electron chi connectivity index (χ2n) is 5.76. The van der Waals surface area contributed by atoms with E-state index in [1.54, 1.807) is 25.1 Å². The van der Waals surface area contributed by atoms with E-state index in [1.807, 2.05) is 31.2 Å². The summed E-state index contributed by atoms with van der Waals surface area (Å²) in [5.74, 6) is 0.0383. The summed E-state index contributed by atoms with van der Waals surface area (Å²) < 4.78 is 13.8. The summed E-state index contributed by atoms with van der Waals surface area (Å²) in [6.07, 6.45) is 0.805. The number of amides is 1. The zero-order valence-electron chi connectivity index (χ0n) is 14.6. The number of aryl methyl sites for hydroxylation is 2. The average Bonchev–Trinajstić information content (AvgIpc) is 2.63. The van der Waals surface area contributed by atoms with E-state index in [1.165, 1.54) is 12.1 Å². The van der Waals surface area contributed by atoms with Gasteiger partial charge in [0, 0.05) is 11.8 Å². The molecule has 0 saturated heterocycles. The number of rotatable bonds is 5. The van der Waals surface area contributed by atoms with Gasteiger partial charge in [-0.2, -0.15) is 0 Å². The van der Waals surface area contributed by atoms with Crippen LogP contribution in [0, 0.1) is 12.7 Å². The molecule has 26 heavy (non-hydrogen) atoms. The standard InChI is InChI=1S/C20H19FN4O/c1-3-14-8-4-6-10-16(14)25-20(26)18-12-19(23-13(2)22-18)24-17-11-7-5-9-15(17)21/h4-12H,3H2,1-2H3,(H,25,26)(H,22,23,24). The molecule has 0 atom stereocenters. The zero-order chi connectivity index (χ0) is 18.5. The molecule has 0 spiro atoms. The van der Waals surface area contributed by atoms with Crippen LogP contribution < -0.4 is 10.6 Å². The van der Waals surface area contributed by atoms with Gasteiger partial charge in [0.15, 0.2) is 0 Å². The fourth-order valence-electron chi connectivity index (χ4n) is 2.59. The summed E-state index contributed by atoms with van der Waals surface area (Å²) in [4.78, 5) is 21.0. The van der Waals surface area contributed by atoms with Gasteiger partial charge in [-0.1, -0.05) is 37.3 Å². The van der Waals surface area contributed by atoms with Crippen molar-refractivity contribution < 1.29 is 9.18 Å². The van der Waals surface area contributed by atoms with Crippen molar-refractivity contribution in [3.8, 4) is 0 Å². The first-order valence-corrected chi connectivity index (χ1v) is 8.33. The number of aromatic nitrogens is 2. The van der Waals surface area contributed by atoms with Crippen molar-refractivity contribution in [2.45, 2.75) is 20.3 Å². The number of para-hydroxylation sites is 2. The van der Waals surface area contributed by atoms with E-state index in [2.05, 4.69) is 20.6 Å². The minimum Gasteiger partial charge on any atom is -0.338 e. The van der Waals surface area contributed by atoms with Crippen LogP contribution in [0.3, 0.4) is 0 Å². The molecule has 1 heterocycles. The normalized spacial score (nSPS) is 10.4. The SMILES string of the molecule is CCc1ccccc1NC(=O)c1cc(Nc2ccccc2F)nc(C)n1. The number of hydrogen-bond acceptors (Lipinski definition) is 4. The lowest BCUT2D eigenvalue weighted by Gasteiger charge is -2.11. The first-order valence-electron chi connectivity index (χ1n) is 8.33. The Morgan fingerprint density at radius 2 is 1.73 bits per heavy atom. The quantitative estimate of drug-likeness (QED) is 0.712. The van der Waals surface area contributed by atoms with Crippen LogP contribution in [0.5, 0.6) is 0 Å². The highest BCUT2D eigenvalue weighted by molar-refractivity contribution is 6.03. The van der Waals surface area contributed by atoms with E-state index >= 15 is 0 Å². The fraction of sp³-hybridized carbons (Fsp3) is 0.150. The highest BCUT2D eigenvalue weighted by Crippen LogP contribution is 2.20. The second-order valence-corrected chi connectivity index (χ2v) is 5.76. The van der Waals surface area contributed by atoms with Crippen molar-refractivity contribution in [2.24, 2.45) is 0 Å². The van der Waals surface area contributed by atoms with Crippen molar-refractivity contribution in [3.05, 3.63) is 77.5 Å². The van der Waals surface area contributed by atoms with E-state index in [0.29, 0.717) is 11.6 Å². The molecular weight excluding hydrogens is 331 g/mol. The maximum atomic E-state index is 13.8. The molecule has 1 amide bonds. The lowest BCUT2D eigenvalue weighted by Crippen LogP contribution is -2.16. The molecule has 0 fully saturated rings. The van der Waals surface area contributed by atoms with Gasteiger partial charge in [0.1, 0.15) is 23.2 Å². The molecule has 0 radical (unpaired) electrons. The molecule has 1 aromatic heterocycles. The molecule has 0 unspecified atom stereocenters. The minimum atomic E-state index is -0.397. The molecule has 0 saturated carbocycles. The number of carbonyl (C=O) groups is 1. The van der Waals surface area contributed by atoms with Gasteiger partial charge in [0.2, 0.25) is 0 Å². The van der Waals surface area contributed by atoms with Crippen LogP contribution in [0.4, 0.5) is 21.6 Å². The largest absolute Gasteiger partial charge is 0.338 e. The Labute approximate surface area is 151 Å². The summed E-state index contributed by atoms with van der Waals surface area (Å²) in [5, 5.41) is 5.76. The average molecular weight is 350 g/mol. The van der Waals surface area contributed by atoms with Crippen molar-refractivity contribution in [2.75, 3.05) is 10.6 Å². The van der Waals surface area contributed by atoms with Gasteiger partial charge in [-0.25, -0.2) is 14.4 Å². The van der Waals surface area contributed by atoms with Crippen molar-refractivity contribution >= 4 is 23.1 Å². The Kier molecular flexibility index (Phi) is 5.22. The topological polar surface area (TPSA) is 66.9 Å². The van der Waals surface area contributed by atoms with Crippen LogP contribution >= 0.6 is 0 Å². The van der Waals surface area contributed by atoms with Gasteiger partial charge >= 0.3 is 0 Å². The highest BCUT2D eigenvalue weighted by atomic mass is 19.1. The van der Waals surface area contributed by atoms with Crippen LogP contribution in [0.2, 0.25) is 0 Å². The second kappa shape index (κ2) is 7.74. The lowest BCUT2D eigenvalue weighted by atomic mass is 10.1. The Bertz CT molecular complexity index is 943. The zero-order valence-corrected chi connectivity index (χ0v) is 14.6. The first-order chi connectivity index (χ1) is 12.6. The van der Waals surface area contributed by atoms with Gasteiger partial charge < -0.3 is 10.6 Å². The van der Waals surface area contributed by atoms with Crippen LogP contribution in [0.25, 0.3) is 0 Å². The van der Waals surface area contributed by atoms with Gasteiger partial charge in [-0.15, -0.1) is 0 Å². The molecular formula is C20H19FN4O. The molecule has 0 aliphatic carbocycles. The molecule has 3 rings (SSSR count). The number of benzene rings is 2. The van der Waals surface area contributed by atoms with Gasteiger partial charge in [-0.05, 0) is 37.1 Å². The Hall–Kier alpha value is -3.28. The number of anilines is 3. The summed E-state index contributed by atoms with van der Waals surface area (Å²) in [6, 6.07) is 15.4. The predicted molar refractivity (Wildman–Crippen MR) is 100 cm³/mol. The monoisotopic (exact) mass is 350 g/mol. The van der Waals surface area contributed by atoms with Crippen LogP contribution in [0.1, 0.15) is 28.8 Å². The number of nitrogens with one attached hydrogen (secondary N) is 2. The van der Waals surface area contributed by atoms with Gasteiger partial charge in [0.25, 0.3) is 5.91 Å². The molecule has 0 aliphatic rings. The maximum Gasteiger partial charge on any atom is 0.274 e. The number of carbonyl (C=O) groups excluding carboxylic acids is 1. The fourth-order valence-corrected chi connectivity index (χ4v) is 2.59. The highest BCUT2D eigenvalue weighted by Gasteiger charge is 2.13. The Morgan fingerprint density at radius 1 is 1.04 bits per heavy atom. The minimum absolute atomic E-state index is 0.210. The smallest absolute Gasteiger partial charge is 0.274 e. The van der Waals surface area contributed by atoms with E-state index in [4.69, 9.17) is 0 Å². The maximum absolute atomic E-state index is 13.8. The predicted octanol–water partition coefficient (Wildman–Crippen LogP) is 4.48. The molecule has 5 nitrogen and oxygen atoms in total. The van der Waals surface area contributed by atoms with E-state index in [-0.39, 0.29) is 17.3 Å². The Morgan fingerprint density at radius 3 is 2.46 bits per heavy atom. The third-order valence-electron chi connectivity index (χ3n) is 3.85. The molecule has 132 valence electrons. The van der Waals surface area contributed by atoms with E-state index in [9.17, 15) is 9.18 Å². The molecule has 2 aromatic carbocycles. The number of nitrogens with zero attached hydrogens (tertiary/aromatic N) is 2. The Balaban J connectivity index is 1.85. The molecule has 3 aromatic rings. The van der Waals surface area contributed by atoms with Crippen molar-refractivity contribution in [1.82, 2.24) is 9.97 Å². The molecule has 2 N–H and O–H groups in total. The van der Waals surface area contributed by atoms with Crippen LogP contribution in [0.15, 0.2) is 54.6 Å². The summed E-state index contributed by atoms with van der Waals surface area (Å²) in [6.45, 7) is 3.71. The number of halogens is 1. The van der Waals surface area contributed by atoms with Gasteiger partial charge in [0.05, 0.1) is 5.69 Å². The third-order valence-corrected chi connectivity index (χ3v) is 3.85. The summed E-state index contributed by atoms with van der Waals surface area (Å²) >= 11 is 0. The molecule has 0 bridgehead atoms. The first kappa shape index (κ1) is 17.5. The summed E-state index contributed by atoms with van der Waals surface area (Å²) in [5.41, 5.74) is 2.28. The van der Waals surface area contributed by atoms with Crippen molar-refractivity contribution in [1.29, 1.82) is 0 Å². The van der Waals surface area contributed by atoms with Crippen molar-refractivity contribution in [3.63, 3.8) is 0 Å². The molecule has 0 aliphatic heterocycles. The van der Waals surface area contributed by atoms with E-state index in [0.717, 1.165) is 17.7 Å². The third kappa shape index (κ3) is 4.03.